The summed E-state index contributed by atoms with van der Waals surface area (Å²) in [5, 5.41) is 11.5. The fraction of sp³-hybridized carbons (Fsp3) is 0.385. The number of hydrogen-bond acceptors (Lipinski definition) is 2. The minimum absolute atomic E-state index is 0.0570. The number of halogens is 1. The zero-order chi connectivity index (χ0) is 13.5. The molecule has 1 atom stereocenters. The van der Waals surface area contributed by atoms with E-state index in [1.54, 1.807) is 0 Å². The van der Waals surface area contributed by atoms with E-state index in [1.807, 2.05) is 24.3 Å². The summed E-state index contributed by atoms with van der Waals surface area (Å²) in [4.78, 5) is 21.6. The Bertz CT molecular complexity index is 417. The van der Waals surface area contributed by atoms with Crippen molar-refractivity contribution in [3.05, 3.63) is 34.3 Å². The maximum atomic E-state index is 11.1. The first-order valence-corrected chi connectivity index (χ1v) is 6.50. The van der Waals surface area contributed by atoms with Crippen LogP contribution in [0.15, 0.2) is 28.7 Å². The molecule has 1 amide bonds. The quantitative estimate of drug-likeness (QED) is 0.847. The van der Waals surface area contributed by atoms with Gasteiger partial charge < -0.3 is 10.4 Å². The smallest absolute Gasteiger partial charge is 0.303 e. The Balaban J connectivity index is 2.61. The summed E-state index contributed by atoms with van der Waals surface area (Å²) >= 11 is 3.35. The van der Waals surface area contributed by atoms with E-state index in [9.17, 15) is 9.59 Å². The molecule has 0 fully saturated rings. The van der Waals surface area contributed by atoms with Gasteiger partial charge in [0.05, 0.1) is 0 Å². The molecule has 1 rings (SSSR count). The van der Waals surface area contributed by atoms with Crippen molar-refractivity contribution in [3.8, 4) is 0 Å². The van der Waals surface area contributed by atoms with Gasteiger partial charge in [-0.15, -0.1) is 0 Å². The molecule has 0 aliphatic carbocycles. The number of carbonyl (C=O) groups is 2. The first kappa shape index (κ1) is 14.7. The molecule has 1 aromatic carbocycles. The van der Waals surface area contributed by atoms with Crippen LogP contribution >= 0.6 is 15.9 Å². The molecule has 18 heavy (non-hydrogen) atoms. The van der Waals surface area contributed by atoms with Crippen molar-refractivity contribution in [1.82, 2.24) is 5.32 Å². The van der Waals surface area contributed by atoms with Crippen molar-refractivity contribution in [2.75, 3.05) is 0 Å². The predicted molar refractivity (Wildman–Crippen MR) is 72.3 cm³/mol. The highest BCUT2D eigenvalue weighted by atomic mass is 79.9. The normalized spacial score (nSPS) is 11.9. The van der Waals surface area contributed by atoms with E-state index in [0.29, 0.717) is 12.8 Å². The third-order valence-electron chi connectivity index (χ3n) is 2.51. The molecule has 1 aromatic rings. The first-order valence-electron chi connectivity index (χ1n) is 5.70. The van der Waals surface area contributed by atoms with Crippen molar-refractivity contribution in [2.45, 2.75) is 32.2 Å². The van der Waals surface area contributed by atoms with E-state index in [2.05, 4.69) is 21.2 Å². The fourth-order valence-corrected chi connectivity index (χ4v) is 1.98. The number of aliphatic carboxylic acids is 1. The zero-order valence-electron chi connectivity index (χ0n) is 10.1. The van der Waals surface area contributed by atoms with Crippen molar-refractivity contribution in [3.63, 3.8) is 0 Å². The Morgan fingerprint density at radius 3 is 2.44 bits per heavy atom. The van der Waals surface area contributed by atoms with Crippen molar-refractivity contribution in [2.24, 2.45) is 0 Å². The number of amides is 1. The first-order chi connectivity index (χ1) is 8.47. The Morgan fingerprint density at radius 1 is 1.33 bits per heavy atom. The maximum absolute atomic E-state index is 11.1. The van der Waals surface area contributed by atoms with Crippen LogP contribution in [0.25, 0.3) is 0 Å². The lowest BCUT2D eigenvalue weighted by molar-refractivity contribution is -0.137. The van der Waals surface area contributed by atoms with Gasteiger partial charge in [-0.1, -0.05) is 28.1 Å². The van der Waals surface area contributed by atoms with Gasteiger partial charge >= 0.3 is 5.97 Å². The minimum atomic E-state index is -0.846. The molecule has 0 saturated carbocycles. The number of benzene rings is 1. The van der Waals surface area contributed by atoms with E-state index in [1.165, 1.54) is 6.92 Å². The van der Waals surface area contributed by atoms with Gasteiger partial charge in [-0.25, -0.2) is 0 Å². The molecule has 0 bridgehead atoms. The second-order valence-electron chi connectivity index (χ2n) is 4.16. The molecule has 0 aromatic heterocycles. The topological polar surface area (TPSA) is 66.4 Å². The van der Waals surface area contributed by atoms with Crippen LogP contribution < -0.4 is 5.32 Å². The van der Waals surface area contributed by atoms with Gasteiger partial charge in [-0.3, -0.25) is 9.59 Å². The lowest BCUT2D eigenvalue weighted by Crippen LogP contribution is -2.35. The van der Waals surface area contributed by atoms with E-state index in [-0.39, 0.29) is 18.4 Å². The SMILES string of the molecule is CC(=O)NC(CCC(=O)O)Cc1ccc(Br)cc1. The van der Waals surface area contributed by atoms with E-state index < -0.39 is 5.97 Å². The Labute approximate surface area is 115 Å². The number of nitrogens with one attached hydrogen (secondary N) is 1. The Morgan fingerprint density at radius 2 is 1.94 bits per heavy atom. The second-order valence-corrected chi connectivity index (χ2v) is 5.08. The molecule has 0 aliphatic rings. The van der Waals surface area contributed by atoms with Gasteiger partial charge in [0, 0.05) is 23.9 Å². The molecular formula is C13H16BrNO3. The van der Waals surface area contributed by atoms with Gasteiger partial charge in [0.25, 0.3) is 0 Å². The number of carbonyl (C=O) groups excluding carboxylic acids is 1. The molecule has 5 heteroatoms. The highest BCUT2D eigenvalue weighted by Gasteiger charge is 2.12. The average Bonchev–Trinajstić information content (AvgIpc) is 2.28. The molecular weight excluding hydrogens is 298 g/mol. The van der Waals surface area contributed by atoms with Crippen LogP contribution in [-0.2, 0) is 16.0 Å². The lowest BCUT2D eigenvalue weighted by atomic mass is 10.0. The number of carboxylic acids is 1. The van der Waals surface area contributed by atoms with Crippen LogP contribution in [-0.4, -0.2) is 23.0 Å². The highest BCUT2D eigenvalue weighted by Crippen LogP contribution is 2.13. The van der Waals surface area contributed by atoms with Gasteiger partial charge in [-0.2, -0.15) is 0 Å². The fourth-order valence-electron chi connectivity index (χ4n) is 1.72. The maximum Gasteiger partial charge on any atom is 0.303 e. The van der Waals surface area contributed by atoms with Crippen LogP contribution in [0.3, 0.4) is 0 Å². The summed E-state index contributed by atoms with van der Waals surface area (Å²) in [6.07, 6.45) is 1.13. The van der Waals surface area contributed by atoms with Crippen molar-refractivity contribution in [1.29, 1.82) is 0 Å². The Kier molecular flexibility index (Phi) is 5.85. The number of rotatable bonds is 6. The summed E-state index contributed by atoms with van der Waals surface area (Å²) in [6, 6.07) is 7.63. The van der Waals surface area contributed by atoms with Crippen molar-refractivity contribution < 1.29 is 14.7 Å². The largest absolute Gasteiger partial charge is 0.481 e. The number of carboxylic acid groups (broad SMARTS) is 1. The van der Waals surface area contributed by atoms with Gasteiger partial charge in [0.1, 0.15) is 0 Å². The molecule has 2 N–H and O–H groups in total. The van der Waals surface area contributed by atoms with Gasteiger partial charge in [0.2, 0.25) is 5.91 Å². The van der Waals surface area contributed by atoms with Crippen LogP contribution in [0.5, 0.6) is 0 Å². The zero-order valence-corrected chi connectivity index (χ0v) is 11.7. The number of hydrogen-bond donors (Lipinski definition) is 2. The highest BCUT2D eigenvalue weighted by molar-refractivity contribution is 9.10. The summed E-state index contributed by atoms with van der Waals surface area (Å²) in [5.74, 6) is -0.983. The molecule has 0 aliphatic heterocycles. The van der Waals surface area contributed by atoms with E-state index >= 15 is 0 Å². The summed E-state index contributed by atoms with van der Waals surface area (Å²) in [7, 11) is 0. The lowest BCUT2D eigenvalue weighted by Gasteiger charge is -2.17. The second kappa shape index (κ2) is 7.16. The van der Waals surface area contributed by atoms with Crippen LogP contribution in [0.2, 0.25) is 0 Å². The van der Waals surface area contributed by atoms with E-state index in [0.717, 1.165) is 10.0 Å². The molecule has 0 heterocycles. The molecule has 0 saturated heterocycles. The molecule has 98 valence electrons. The molecule has 0 spiro atoms. The average molecular weight is 314 g/mol. The predicted octanol–water partition coefficient (Wildman–Crippen LogP) is 2.36. The molecule has 0 radical (unpaired) electrons. The van der Waals surface area contributed by atoms with Gasteiger partial charge in [-0.05, 0) is 30.5 Å². The third kappa shape index (κ3) is 5.82. The summed E-state index contributed by atoms with van der Waals surface area (Å²) < 4.78 is 0.993. The van der Waals surface area contributed by atoms with Crippen LogP contribution in [0.4, 0.5) is 0 Å². The minimum Gasteiger partial charge on any atom is -0.481 e. The van der Waals surface area contributed by atoms with E-state index in [4.69, 9.17) is 5.11 Å². The van der Waals surface area contributed by atoms with Gasteiger partial charge in [0.15, 0.2) is 0 Å². The molecule has 4 nitrogen and oxygen atoms in total. The standard InChI is InChI=1S/C13H16BrNO3/c1-9(16)15-12(6-7-13(17)18)8-10-2-4-11(14)5-3-10/h2-5,12H,6-8H2,1H3,(H,15,16)(H,17,18). The monoisotopic (exact) mass is 313 g/mol. The van der Waals surface area contributed by atoms with Crippen LogP contribution in [0, 0.1) is 0 Å². The third-order valence-corrected chi connectivity index (χ3v) is 3.04. The Hall–Kier alpha value is -1.36. The van der Waals surface area contributed by atoms with Crippen molar-refractivity contribution >= 4 is 27.8 Å². The summed E-state index contributed by atoms with van der Waals surface area (Å²) in [6.45, 7) is 1.44. The summed E-state index contributed by atoms with van der Waals surface area (Å²) in [5.41, 5.74) is 1.07. The molecule has 1 unspecified atom stereocenters. The van der Waals surface area contributed by atoms with Crippen LogP contribution in [0.1, 0.15) is 25.3 Å².